The van der Waals surface area contributed by atoms with Gasteiger partial charge < -0.3 is 11.5 Å². The molecule has 6 aromatic rings. The lowest BCUT2D eigenvalue weighted by atomic mass is 10.1. The van der Waals surface area contributed by atoms with Crippen molar-refractivity contribution in [2.24, 2.45) is 0 Å². The molecule has 0 aliphatic carbocycles. The molecule has 0 atom stereocenters. The quantitative estimate of drug-likeness (QED) is 0.180. The van der Waals surface area contributed by atoms with E-state index in [4.69, 9.17) is 21.4 Å². The van der Waals surface area contributed by atoms with Gasteiger partial charge in [0.15, 0.2) is 11.5 Å². The van der Waals surface area contributed by atoms with Gasteiger partial charge in [0, 0.05) is 29.6 Å². The second-order valence-electron chi connectivity index (χ2n) is 11.5. The van der Waals surface area contributed by atoms with E-state index in [1.165, 1.54) is 44.3 Å². The minimum absolute atomic E-state index is 0.120. The highest BCUT2D eigenvalue weighted by molar-refractivity contribution is 5.84. The van der Waals surface area contributed by atoms with Crippen molar-refractivity contribution in [3.8, 4) is 28.3 Å². The Morgan fingerprint density at radius 1 is 0.771 bits per heavy atom. The van der Waals surface area contributed by atoms with Gasteiger partial charge in [-0.25, -0.2) is 15.0 Å². The summed E-state index contributed by atoms with van der Waals surface area (Å²) in [7, 11) is 0. The van der Waals surface area contributed by atoms with Crippen LogP contribution in [0.3, 0.4) is 0 Å². The second kappa shape index (κ2) is 17.1. The molecule has 0 radical (unpaired) electrons. The van der Waals surface area contributed by atoms with Crippen LogP contribution in [-0.2, 0) is 6.54 Å². The lowest BCUT2D eigenvalue weighted by Gasteiger charge is -2.15. The number of nitrogens with zero attached hydrogens (tertiary/aromatic N) is 5. The minimum atomic E-state index is -0.539. The molecule has 4 N–H and O–H groups in total. The van der Waals surface area contributed by atoms with Crippen molar-refractivity contribution in [2.75, 3.05) is 24.6 Å². The minimum Gasteiger partial charge on any atom is -0.395 e. The lowest BCUT2D eigenvalue weighted by Crippen LogP contribution is -2.36. The van der Waals surface area contributed by atoms with Crippen LogP contribution in [0.5, 0.6) is 0 Å². The molecular formula is C39H47N7O2. The van der Waals surface area contributed by atoms with E-state index in [0.717, 1.165) is 46.0 Å². The standard InChI is InChI=1S/C28H26N6.C5H5NO2.C4H10.C2H6/c29-26-23(9-6-16-30-26)27-32-25-15-14-24(21-7-2-1-3-8-21)31-28(25)34(27)22-12-10-20(11-13-22)19-33-17-4-5-18-33;1-2-3(6)5(8)4(2)7;1-3-4-2;1-2/h1-3,6-16H,4-5,17-19H2,(H2,29,30);6H2,1H3;3-4H2,1-2H3;1-2H3. The van der Waals surface area contributed by atoms with Gasteiger partial charge in [-0.1, -0.05) is 83.0 Å². The second-order valence-corrected chi connectivity index (χ2v) is 11.5. The van der Waals surface area contributed by atoms with Crippen molar-refractivity contribution < 1.29 is 0 Å². The van der Waals surface area contributed by atoms with Crippen molar-refractivity contribution in [3.05, 3.63) is 117 Å². The van der Waals surface area contributed by atoms with Gasteiger partial charge in [0.1, 0.15) is 11.3 Å². The highest BCUT2D eigenvalue weighted by Crippen LogP contribution is 2.32. The molecule has 3 aromatic carbocycles. The topological polar surface area (TPSA) is 133 Å². The Morgan fingerprint density at radius 2 is 1.44 bits per heavy atom. The fourth-order valence-electron chi connectivity index (χ4n) is 5.23. The monoisotopic (exact) mass is 645 g/mol. The Labute approximate surface area is 283 Å². The third kappa shape index (κ3) is 8.22. The molecule has 1 aliphatic rings. The molecule has 0 bridgehead atoms. The number of nitrogen functional groups attached to an aromatic ring is 2. The molecule has 0 spiro atoms. The number of likely N-dealkylation sites (tertiary alicyclic amines) is 1. The Balaban J connectivity index is 0.000000314. The van der Waals surface area contributed by atoms with Gasteiger partial charge in [-0.05, 0) is 74.8 Å². The highest BCUT2D eigenvalue weighted by Gasteiger charge is 2.19. The molecule has 3 aromatic heterocycles. The Kier molecular flexibility index (Phi) is 12.7. The maximum Gasteiger partial charge on any atom is 0.249 e. The van der Waals surface area contributed by atoms with Crippen molar-refractivity contribution in [2.45, 2.75) is 66.8 Å². The van der Waals surface area contributed by atoms with E-state index in [9.17, 15) is 9.59 Å². The van der Waals surface area contributed by atoms with Crippen LogP contribution in [0.1, 0.15) is 64.5 Å². The summed E-state index contributed by atoms with van der Waals surface area (Å²) in [4.78, 5) is 37.3. The van der Waals surface area contributed by atoms with Gasteiger partial charge in [0.2, 0.25) is 10.9 Å². The summed E-state index contributed by atoms with van der Waals surface area (Å²) in [6.07, 6.45) is 6.93. The number of anilines is 2. The predicted molar refractivity (Wildman–Crippen MR) is 199 cm³/mol. The first-order valence-electron chi connectivity index (χ1n) is 16.8. The fraction of sp³-hybridized carbons (Fsp3) is 0.308. The molecule has 1 fully saturated rings. The summed E-state index contributed by atoms with van der Waals surface area (Å²) in [6, 6.07) is 26.8. The molecule has 1 aliphatic heterocycles. The molecule has 48 heavy (non-hydrogen) atoms. The van der Waals surface area contributed by atoms with Crippen LogP contribution in [0.4, 0.5) is 11.5 Å². The van der Waals surface area contributed by atoms with Gasteiger partial charge in [0.05, 0.1) is 16.9 Å². The molecule has 0 amide bonds. The maximum atomic E-state index is 10.3. The van der Waals surface area contributed by atoms with E-state index in [2.05, 4.69) is 64.7 Å². The third-order valence-corrected chi connectivity index (χ3v) is 8.15. The van der Waals surface area contributed by atoms with Crippen molar-refractivity contribution in [1.29, 1.82) is 0 Å². The van der Waals surface area contributed by atoms with Crippen molar-refractivity contribution in [1.82, 2.24) is 24.4 Å². The molecule has 4 heterocycles. The largest absolute Gasteiger partial charge is 0.395 e. The first kappa shape index (κ1) is 35.7. The summed E-state index contributed by atoms with van der Waals surface area (Å²) >= 11 is 0. The summed E-state index contributed by atoms with van der Waals surface area (Å²) in [5.41, 5.74) is 17.6. The van der Waals surface area contributed by atoms with Gasteiger partial charge in [-0.3, -0.25) is 19.1 Å². The summed E-state index contributed by atoms with van der Waals surface area (Å²) in [5.74, 6) is 1.19. The number of imidazole rings is 1. The average Bonchev–Trinajstić information content (AvgIpc) is 3.80. The van der Waals surface area contributed by atoms with E-state index >= 15 is 0 Å². The number of hydrogen-bond donors (Lipinski definition) is 2. The van der Waals surface area contributed by atoms with E-state index in [1.54, 1.807) is 13.1 Å². The van der Waals surface area contributed by atoms with Crippen LogP contribution in [0.15, 0.2) is 94.6 Å². The molecule has 7 rings (SSSR count). The predicted octanol–water partition coefficient (Wildman–Crippen LogP) is 7.33. The molecule has 250 valence electrons. The first-order chi connectivity index (χ1) is 23.3. The van der Waals surface area contributed by atoms with Gasteiger partial charge in [-0.2, -0.15) is 0 Å². The smallest absolute Gasteiger partial charge is 0.249 e. The molecule has 9 heteroatoms. The zero-order valence-electron chi connectivity index (χ0n) is 28.7. The Bertz CT molecular complexity index is 1940. The van der Waals surface area contributed by atoms with Crippen LogP contribution < -0.4 is 22.3 Å². The van der Waals surface area contributed by atoms with Crippen LogP contribution in [0, 0.1) is 6.92 Å². The number of nitrogens with two attached hydrogens (primary N) is 2. The SMILES string of the molecule is CC.CCCC.Cc1c(N)c(=O)c1=O.Nc1ncccc1-c1nc2ccc(-c3ccccc3)nc2n1-c1ccc(CN2CCCC2)cc1. The third-order valence-electron chi connectivity index (χ3n) is 8.15. The number of rotatable bonds is 6. The molecule has 0 saturated carbocycles. The summed E-state index contributed by atoms with van der Waals surface area (Å²) in [6.45, 7) is 13.3. The summed E-state index contributed by atoms with van der Waals surface area (Å²) < 4.78 is 2.09. The Hall–Kier alpha value is -5.15. The number of aromatic nitrogens is 4. The van der Waals surface area contributed by atoms with Crippen molar-refractivity contribution >= 4 is 22.7 Å². The molecule has 0 unspecified atom stereocenters. The number of benzene rings is 2. The van der Waals surface area contributed by atoms with Crippen LogP contribution in [-0.4, -0.2) is 37.5 Å². The molecule has 9 nitrogen and oxygen atoms in total. The van der Waals surface area contributed by atoms with E-state index < -0.39 is 10.9 Å². The normalized spacial score (nSPS) is 12.4. The average molecular weight is 646 g/mol. The van der Waals surface area contributed by atoms with E-state index in [-0.39, 0.29) is 5.69 Å². The molecule has 1 saturated heterocycles. The number of hydrogen-bond acceptors (Lipinski definition) is 8. The highest BCUT2D eigenvalue weighted by atomic mass is 16.2. The zero-order chi connectivity index (χ0) is 34.6. The lowest BCUT2D eigenvalue weighted by molar-refractivity contribution is 0.331. The van der Waals surface area contributed by atoms with Crippen LogP contribution in [0.2, 0.25) is 0 Å². The van der Waals surface area contributed by atoms with Gasteiger partial charge in [0.25, 0.3) is 0 Å². The van der Waals surface area contributed by atoms with Gasteiger partial charge in [-0.15, -0.1) is 0 Å². The molecular weight excluding hydrogens is 598 g/mol. The number of fused-ring (bicyclic) bond motifs is 1. The fourth-order valence-corrected chi connectivity index (χ4v) is 5.23. The van der Waals surface area contributed by atoms with Crippen LogP contribution in [0.25, 0.3) is 39.5 Å². The maximum absolute atomic E-state index is 10.3. The van der Waals surface area contributed by atoms with E-state index in [1.807, 2.05) is 56.3 Å². The van der Waals surface area contributed by atoms with Crippen LogP contribution >= 0.6 is 0 Å². The van der Waals surface area contributed by atoms with E-state index in [0.29, 0.717) is 11.4 Å². The summed E-state index contributed by atoms with van der Waals surface area (Å²) in [5, 5.41) is 0. The first-order valence-corrected chi connectivity index (χ1v) is 16.8. The van der Waals surface area contributed by atoms with Crippen molar-refractivity contribution in [3.63, 3.8) is 0 Å². The van der Waals surface area contributed by atoms with Gasteiger partial charge >= 0.3 is 0 Å². The zero-order valence-corrected chi connectivity index (χ0v) is 28.7. The number of pyridine rings is 2. The number of unbranched alkanes of at least 4 members (excludes halogenated alkanes) is 1. The Morgan fingerprint density at radius 3 is 2.00 bits per heavy atom.